The zero-order valence-corrected chi connectivity index (χ0v) is 11.5. The van der Waals surface area contributed by atoms with E-state index < -0.39 is 16.4 Å². The normalized spacial score (nSPS) is 10.9. The molecule has 0 saturated carbocycles. The van der Waals surface area contributed by atoms with Gasteiger partial charge in [-0.05, 0) is 40.2 Å². The van der Waals surface area contributed by atoms with Gasteiger partial charge in [-0.15, -0.1) is 0 Å². The average molecular weight is 336 g/mol. The molecule has 7 heteroatoms. The number of pyridine rings is 1. The van der Waals surface area contributed by atoms with Crippen molar-refractivity contribution in [3.8, 4) is 11.3 Å². The number of rotatable bonds is 2. The highest BCUT2D eigenvalue weighted by molar-refractivity contribution is 9.10. The number of benzene rings is 1. The lowest BCUT2D eigenvalue weighted by molar-refractivity contribution is -0.387. The minimum absolute atomic E-state index is 0.498. The molecule has 0 aliphatic carbocycles. The summed E-state index contributed by atoms with van der Waals surface area (Å²) in [4.78, 5) is 14.4. The molecule has 0 fully saturated rings. The second kappa shape index (κ2) is 4.68. The lowest BCUT2D eigenvalue weighted by Gasteiger charge is -1.97. The van der Waals surface area contributed by atoms with Gasteiger partial charge in [0, 0.05) is 28.5 Å². The van der Waals surface area contributed by atoms with Gasteiger partial charge in [-0.25, -0.2) is 4.98 Å². The molecule has 0 N–H and O–H groups in total. The molecule has 0 spiro atoms. The molecule has 0 amide bonds. The lowest BCUT2D eigenvalue weighted by Crippen LogP contribution is -1.92. The van der Waals surface area contributed by atoms with Crippen molar-refractivity contribution in [3.05, 3.63) is 63.1 Å². The Hall–Kier alpha value is -2.28. The number of hydrogen-bond acceptors (Lipinski definition) is 3. The zero-order valence-electron chi connectivity index (χ0n) is 9.96. The summed E-state index contributed by atoms with van der Waals surface area (Å²) in [5.41, 5.74) is 1.19. The van der Waals surface area contributed by atoms with Crippen LogP contribution in [0.1, 0.15) is 0 Å². The van der Waals surface area contributed by atoms with Gasteiger partial charge in [0.05, 0.1) is 10.6 Å². The lowest BCUT2D eigenvalue weighted by atomic mass is 10.1. The number of aromatic nitrogens is 2. The van der Waals surface area contributed by atoms with Gasteiger partial charge in [-0.1, -0.05) is 0 Å². The highest BCUT2D eigenvalue weighted by atomic mass is 79.9. The third kappa shape index (κ3) is 2.16. The molecule has 3 rings (SSSR count). The molecule has 0 saturated heterocycles. The maximum absolute atomic E-state index is 13.3. The molecule has 1 aromatic carbocycles. The van der Waals surface area contributed by atoms with E-state index in [0.717, 1.165) is 10.5 Å². The third-order valence-corrected chi connectivity index (χ3v) is 3.32. The van der Waals surface area contributed by atoms with Crippen LogP contribution in [-0.2, 0) is 0 Å². The number of nitro benzene ring substituents is 1. The van der Waals surface area contributed by atoms with Crippen molar-refractivity contribution in [1.82, 2.24) is 9.38 Å². The van der Waals surface area contributed by atoms with Gasteiger partial charge >= 0.3 is 5.69 Å². The summed E-state index contributed by atoms with van der Waals surface area (Å²) in [5, 5.41) is 10.8. The van der Waals surface area contributed by atoms with Crippen molar-refractivity contribution >= 4 is 27.3 Å². The smallest absolute Gasteiger partial charge is 0.305 e. The first-order valence-corrected chi connectivity index (χ1v) is 6.42. The Morgan fingerprint density at radius 3 is 2.80 bits per heavy atom. The maximum Gasteiger partial charge on any atom is 0.305 e. The first kappa shape index (κ1) is 12.7. The largest absolute Gasteiger partial charge is 0.305 e. The summed E-state index contributed by atoms with van der Waals surface area (Å²) < 4.78 is 16.0. The molecule has 0 unspecified atom stereocenters. The van der Waals surface area contributed by atoms with Crippen LogP contribution in [-0.4, -0.2) is 14.3 Å². The summed E-state index contributed by atoms with van der Waals surface area (Å²) in [5.74, 6) is -0.856. The van der Waals surface area contributed by atoms with Gasteiger partial charge in [0.15, 0.2) is 0 Å². The Bertz CT molecular complexity index is 832. The molecule has 0 atom stereocenters. The molecule has 5 nitrogen and oxygen atoms in total. The standard InChI is InChI=1S/C13H7BrFN3O2/c14-9-2-4-13-16-11(7-17(13)6-9)8-1-3-10(15)12(5-8)18(19)20/h1-7H. The van der Waals surface area contributed by atoms with Crippen molar-refractivity contribution in [2.24, 2.45) is 0 Å². The van der Waals surface area contributed by atoms with Crippen LogP contribution in [0.4, 0.5) is 10.1 Å². The molecule has 0 radical (unpaired) electrons. The molecule has 0 aliphatic rings. The van der Waals surface area contributed by atoms with Crippen molar-refractivity contribution in [1.29, 1.82) is 0 Å². The molecular weight excluding hydrogens is 329 g/mol. The second-order valence-electron chi connectivity index (χ2n) is 4.16. The molecule has 20 heavy (non-hydrogen) atoms. The van der Waals surface area contributed by atoms with Crippen LogP contribution in [0.5, 0.6) is 0 Å². The minimum atomic E-state index is -0.856. The van der Waals surface area contributed by atoms with E-state index in [9.17, 15) is 14.5 Å². The van der Waals surface area contributed by atoms with Gasteiger partial charge in [-0.3, -0.25) is 10.1 Å². The molecule has 100 valence electrons. The summed E-state index contributed by atoms with van der Waals surface area (Å²) in [6, 6.07) is 7.39. The van der Waals surface area contributed by atoms with Crippen molar-refractivity contribution in [2.75, 3.05) is 0 Å². The predicted octanol–water partition coefficient (Wildman–Crippen LogP) is 3.81. The van der Waals surface area contributed by atoms with Gasteiger partial charge in [0.2, 0.25) is 5.82 Å². The number of hydrogen-bond donors (Lipinski definition) is 0. The van der Waals surface area contributed by atoms with Crippen LogP contribution in [0.3, 0.4) is 0 Å². The van der Waals surface area contributed by atoms with E-state index in [1.54, 1.807) is 10.6 Å². The highest BCUT2D eigenvalue weighted by Crippen LogP contribution is 2.26. The van der Waals surface area contributed by atoms with Crippen LogP contribution < -0.4 is 0 Å². The zero-order chi connectivity index (χ0) is 14.3. The Morgan fingerprint density at radius 1 is 1.25 bits per heavy atom. The van der Waals surface area contributed by atoms with Crippen molar-refractivity contribution < 1.29 is 9.31 Å². The van der Waals surface area contributed by atoms with Crippen LogP contribution in [0, 0.1) is 15.9 Å². The Balaban J connectivity index is 2.15. The van der Waals surface area contributed by atoms with Crippen molar-refractivity contribution in [2.45, 2.75) is 0 Å². The molecule has 0 aliphatic heterocycles. The number of halogens is 2. The van der Waals surface area contributed by atoms with E-state index in [2.05, 4.69) is 20.9 Å². The monoisotopic (exact) mass is 335 g/mol. The SMILES string of the molecule is O=[N+]([O-])c1cc(-c2cn3cc(Br)ccc3n2)ccc1F. The van der Waals surface area contributed by atoms with Crippen LogP contribution in [0.25, 0.3) is 16.9 Å². The van der Waals surface area contributed by atoms with E-state index in [1.807, 2.05) is 18.3 Å². The summed E-state index contributed by atoms with van der Waals surface area (Å²) >= 11 is 3.35. The topological polar surface area (TPSA) is 60.4 Å². The van der Waals surface area contributed by atoms with E-state index >= 15 is 0 Å². The predicted molar refractivity (Wildman–Crippen MR) is 74.9 cm³/mol. The van der Waals surface area contributed by atoms with E-state index in [4.69, 9.17) is 0 Å². The van der Waals surface area contributed by atoms with Gasteiger partial charge in [0.25, 0.3) is 0 Å². The number of imidazole rings is 1. The molecule has 2 heterocycles. The molecule has 0 bridgehead atoms. The Morgan fingerprint density at radius 2 is 2.05 bits per heavy atom. The molecular formula is C13H7BrFN3O2. The fraction of sp³-hybridized carbons (Fsp3) is 0. The number of nitrogens with zero attached hydrogens (tertiary/aromatic N) is 3. The Kier molecular flexibility index (Phi) is 2.98. The van der Waals surface area contributed by atoms with E-state index in [1.165, 1.54) is 12.1 Å². The van der Waals surface area contributed by atoms with E-state index in [-0.39, 0.29) is 0 Å². The Labute approximate surface area is 121 Å². The fourth-order valence-corrected chi connectivity index (χ4v) is 2.27. The number of fused-ring (bicyclic) bond motifs is 1. The summed E-state index contributed by atoms with van der Waals surface area (Å²) in [6.45, 7) is 0. The van der Waals surface area contributed by atoms with E-state index in [0.29, 0.717) is 16.9 Å². The van der Waals surface area contributed by atoms with Crippen molar-refractivity contribution in [3.63, 3.8) is 0 Å². The van der Waals surface area contributed by atoms with Crippen LogP contribution >= 0.6 is 15.9 Å². The third-order valence-electron chi connectivity index (χ3n) is 2.85. The van der Waals surface area contributed by atoms with Gasteiger partial charge < -0.3 is 4.40 Å². The van der Waals surface area contributed by atoms with Crippen LogP contribution in [0.2, 0.25) is 0 Å². The first-order valence-electron chi connectivity index (χ1n) is 5.63. The summed E-state index contributed by atoms with van der Waals surface area (Å²) in [7, 11) is 0. The molecule has 3 aromatic rings. The van der Waals surface area contributed by atoms with Gasteiger partial charge in [0.1, 0.15) is 5.65 Å². The fourth-order valence-electron chi connectivity index (χ4n) is 1.92. The van der Waals surface area contributed by atoms with Gasteiger partial charge in [-0.2, -0.15) is 4.39 Å². The molecule has 2 aromatic heterocycles. The first-order chi connectivity index (χ1) is 9.54. The number of nitro groups is 1. The average Bonchev–Trinajstić information content (AvgIpc) is 2.81. The summed E-state index contributed by atoms with van der Waals surface area (Å²) in [6.07, 6.45) is 3.56. The van der Waals surface area contributed by atoms with Crippen LogP contribution in [0.15, 0.2) is 47.2 Å². The second-order valence-corrected chi connectivity index (χ2v) is 5.08. The minimum Gasteiger partial charge on any atom is -0.305 e. The highest BCUT2D eigenvalue weighted by Gasteiger charge is 2.16. The maximum atomic E-state index is 13.3. The quantitative estimate of drug-likeness (QED) is 0.528.